The Morgan fingerprint density at radius 1 is 1.25 bits per heavy atom. The third-order valence-corrected chi connectivity index (χ3v) is 3.17. The lowest BCUT2D eigenvalue weighted by molar-refractivity contribution is 0.311. The molecule has 0 aliphatic rings. The molecule has 0 unspecified atom stereocenters. The highest BCUT2D eigenvalue weighted by Gasteiger charge is 2.12. The zero-order chi connectivity index (χ0) is 13.9. The molecule has 0 aliphatic heterocycles. The van der Waals surface area contributed by atoms with Gasteiger partial charge in [-0.25, -0.2) is 14.6 Å². The van der Waals surface area contributed by atoms with E-state index in [2.05, 4.69) is 20.4 Å². The van der Waals surface area contributed by atoms with Gasteiger partial charge in [-0.3, -0.25) is 0 Å². The molecular weight excluding hydrogens is 278 g/mol. The van der Waals surface area contributed by atoms with Crippen molar-refractivity contribution in [3.63, 3.8) is 0 Å². The molecule has 0 amide bonds. The Morgan fingerprint density at radius 3 is 2.90 bits per heavy atom. The zero-order valence-electron chi connectivity index (χ0n) is 10.5. The number of aromatic nitrogens is 4. The average Bonchev–Trinajstić information content (AvgIpc) is 2.90. The van der Waals surface area contributed by atoms with Gasteiger partial charge < -0.3 is 10.4 Å². The summed E-state index contributed by atoms with van der Waals surface area (Å²) < 4.78 is 1.67. The van der Waals surface area contributed by atoms with E-state index in [4.69, 9.17) is 16.7 Å². The molecule has 3 rings (SSSR count). The van der Waals surface area contributed by atoms with Gasteiger partial charge in [-0.1, -0.05) is 23.7 Å². The zero-order valence-corrected chi connectivity index (χ0v) is 11.2. The Bertz CT molecular complexity index is 742. The van der Waals surface area contributed by atoms with E-state index >= 15 is 0 Å². The lowest BCUT2D eigenvalue weighted by atomic mass is 10.3. The third kappa shape index (κ3) is 2.19. The van der Waals surface area contributed by atoms with E-state index in [1.54, 1.807) is 16.9 Å². The maximum Gasteiger partial charge on any atom is 0.168 e. The Balaban J connectivity index is 2.13. The van der Waals surface area contributed by atoms with Gasteiger partial charge >= 0.3 is 0 Å². The quantitative estimate of drug-likeness (QED) is 0.767. The number of anilines is 1. The Morgan fingerprint density at radius 2 is 2.10 bits per heavy atom. The summed E-state index contributed by atoms with van der Waals surface area (Å²) in [6, 6.07) is 7.43. The van der Waals surface area contributed by atoms with E-state index in [0.717, 1.165) is 11.1 Å². The number of para-hydroxylation sites is 1. The first-order chi connectivity index (χ1) is 9.81. The number of nitrogens with one attached hydrogen (secondary N) is 1. The topological polar surface area (TPSA) is 75.9 Å². The molecule has 1 aromatic carbocycles. The van der Waals surface area contributed by atoms with Crippen molar-refractivity contribution < 1.29 is 5.11 Å². The Kier molecular flexibility index (Phi) is 3.49. The highest BCUT2D eigenvalue weighted by molar-refractivity contribution is 6.32. The van der Waals surface area contributed by atoms with Crippen LogP contribution in [0.15, 0.2) is 36.8 Å². The van der Waals surface area contributed by atoms with Crippen LogP contribution >= 0.6 is 11.6 Å². The number of halogens is 1. The number of aliphatic hydroxyl groups is 1. The van der Waals surface area contributed by atoms with E-state index < -0.39 is 0 Å². The number of rotatable bonds is 4. The molecule has 0 saturated carbocycles. The first-order valence-electron chi connectivity index (χ1n) is 6.09. The third-order valence-electron chi connectivity index (χ3n) is 2.85. The van der Waals surface area contributed by atoms with Crippen molar-refractivity contribution in [1.82, 2.24) is 19.7 Å². The van der Waals surface area contributed by atoms with Crippen LogP contribution in [-0.4, -0.2) is 38.0 Å². The fourth-order valence-electron chi connectivity index (χ4n) is 1.96. The number of fused-ring (bicyclic) bond motifs is 1. The molecule has 0 saturated heterocycles. The molecule has 2 N–H and O–H groups in total. The molecule has 0 bridgehead atoms. The molecular formula is C13H12ClN5O. The van der Waals surface area contributed by atoms with Gasteiger partial charge in [0, 0.05) is 6.54 Å². The van der Waals surface area contributed by atoms with Crippen molar-refractivity contribution in [2.45, 2.75) is 0 Å². The van der Waals surface area contributed by atoms with Crippen LogP contribution in [0, 0.1) is 0 Å². The van der Waals surface area contributed by atoms with Crippen molar-refractivity contribution >= 4 is 28.5 Å². The molecule has 0 fully saturated rings. The standard InChI is InChI=1S/C13H12ClN5O/c14-10-3-1-2-4-11(10)19-13-9(7-18-19)12(15-5-6-20)16-8-17-13/h1-4,7-8,20H,5-6H2,(H,15,16,17). The van der Waals surface area contributed by atoms with Gasteiger partial charge in [0.1, 0.15) is 12.1 Å². The summed E-state index contributed by atoms with van der Waals surface area (Å²) in [5.74, 6) is 0.641. The van der Waals surface area contributed by atoms with Crippen LogP contribution in [-0.2, 0) is 0 Å². The minimum Gasteiger partial charge on any atom is -0.395 e. The van der Waals surface area contributed by atoms with E-state index in [1.165, 1.54) is 6.33 Å². The average molecular weight is 290 g/mol. The largest absolute Gasteiger partial charge is 0.395 e. The van der Waals surface area contributed by atoms with Gasteiger partial charge in [-0.2, -0.15) is 5.10 Å². The number of benzene rings is 1. The highest BCUT2D eigenvalue weighted by Crippen LogP contribution is 2.25. The predicted octanol–water partition coefficient (Wildman–Crippen LogP) is 1.87. The van der Waals surface area contributed by atoms with Crippen molar-refractivity contribution in [3.05, 3.63) is 41.8 Å². The summed E-state index contributed by atoms with van der Waals surface area (Å²) in [4.78, 5) is 8.41. The molecule has 0 spiro atoms. The summed E-state index contributed by atoms with van der Waals surface area (Å²) in [7, 11) is 0. The molecule has 6 nitrogen and oxygen atoms in total. The summed E-state index contributed by atoms with van der Waals surface area (Å²) in [5, 5.41) is 17.6. The molecule has 2 heterocycles. The van der Waals surface area contributed by atoms with Gasteiger partial charge in [0.2, 0.25) is 0 Å². The van der Waals surface area contributed by atoms with Crippen molar-refractivity contribution in [2.75, 3.05) is 18.5 Å². The number of hydrogen-bond donors (Lipinski definition) is 2. The number of hydrogen-bond acceptors (Lipinski definition) is 5. The predicted molar refractivity (Wildman–Crippen MR) is 77.2 cm³/mol. The smallest absolute Gasteiger partial charge is 0.168 e. The van der Waals surface area contributed by atoms with Gasteiger partial charge in [0.15, 0.2) is 5.65 Å². The fraction of sp³-hybridized carbons (Fsp3) is 0.154. The van der Waals surface area contributed by atoms with Crippen LogP contribution in [0.25, 0.3) is 16.7 Å². The lowest BCUT2D eigenvalue weighted by Crippen LogP contribution is -2.07. The summed E-state index contributed by atoms with van der Waals surface area (Å²) >= 11 is 6.19. The van der Waals surface area contributed by atoms with Crippen LogP contribution in [0.5, 0.6) is 0 Å². The first-order valence-corrected chi connectivity index (χ1v) is 6.47. The van der Waals surface area contributed by atoms with Crippen LogP contribution in [0.2, 0.25) is 5.02 Å². The molecule has 102 valence electrons. The second kappa shape index (κ2) is 5.44. The number of nitrogens with zero attached hydrogens (tertiary/aromatic N) is 4. The van der Waals surface area contributed by atoms with Crippen molar-refractivity contribution in [1.29, 1.82) is 0 Å². The maximum absolute atomic E-state index is 8.88. The summed E-state index contributed by atoms with van der Waals surface area (Å²) in [5.41, 5.74) is 1.42. The van der Waals surface area contributed by atoms with Crippen molar-refractivity contribution in [3.8, 4) is 5.69 Å². The van der Waals surface area contributed by atoms with E-state index in [0.29, 0.717) is 23.0 Å². The summed E-state index contributed by atoms with van der Waals surface area (Å²) in [6.45, 7) is 0.452. The van der Waals surface area contributed by atoms with Crippen LogP contribution < -0.4 is 5.32 Å². The van der Waals surface area contributed by atoms with E-state index in [1.807, 2.05) is 18.2 Å². The van der Waals surface area contributed by atoms with E-state index in [9.17, 15) is 0 Å². The lowest BCUT2D eigenvalue weighted by Gasteiger charge is -2.06. The molecule has 20 heavy (non-hydrogen) atoms. The van der Waals surface area contributed by atoms with Crippen LogP contribution in [0.4, 0.5) is 5.82 Å². The maximum atomic E-state index is 8.88. The second-order valence-corrected chi connectivity index (χ2v) is 4.52. The van der Waals surface area contributed by atoms with Gasteiger partial charge in [0.25, 0.3) is 0 Å². The van der Waals surface area contributed by atoms with Crippen LogP contribution in [0.1, 0.15) is 0 Å². The van der Waals surface area contributed by atoms with Gasteiger partial charge in [0.05, 0.1) is 28.9 Å². The van der Waals surface area contributed by atoms with Gasteiger partial charge in [-0.05, 0) is 12.1 Å². The SMILES string of the molecule is OCCNc1ncnc2c1cnn2-c1ccccc1Cl. The molecule has 0 radical (unpaired) electrons. The van der Waals surface area contributed by atoms with Crippen LogP contribution in [0.3, 0.4) is 0 Å². The molecule has 3 aromatic rings. The monoisotopic (exact) mass is 289 g/mol. The van der Waals surface area contributed by atoms with E-state index in [-0.39, 0.29) is 6.61 Å². The van der Waals surface area contributed by atoms with Gasteiger partial charge in [-0.15, -0.1) is 0 Å². The second-order valence-electron chi connectivity index (χ2n) is 4.12. The minimum absolute atomic E-state index is 0.0319. The normalized spacial score (nSPS) is 10.9. The minimum atomic E-state index is 0.0319. The highest BCUT2D eigenvalue weighted by atomic mass is 35.5. The summed E-state index contributed by atoms with van der Waals surface area (Å²) in [6.07, 6.45) is 3.13. The number of aliphatic hydroxyl groups excluding tert-OH is 1. The fourth-order valence-corrected chi connectivity index (χ4v) is 2.17. The van der Waals surface area contributed by atoms with Crippen molar-refractivity contribution in [2.24, 2.45) is 0 Å². The molecule has 0 aliphatic carbocycles. The molecule has 2 aromatic heterocycles. The Hall–Kier alpha value is -2.18. The molecule has 0 atom stereocenters. The first kappa shape index (κ1) is 12.8. The Labute approximate surface area is 120 Å². The molecule has 7 heteroatoms.